The molecule has 0 aliphatic heterocycles. The van der Waals surface area contributed by atoms with Gasteiger partial charge in [0.1, 0.15) is 16.8 Å². The molecule has 0 aromatic carbocycles. The van der Waals surface area contributed by atoms with Crippen LogP contribution in [-0.4, -0.2) is 34.8 Å². The Bertz CT molecular complexity index is 382. The second-order valence-corrected chi connectivity index (χ2v) is 4.64. The lowest BCUT2D eigenvalue weighted by molar-refractivity contribution is 0.302. The van der Waals surface area contributed by atoms with Crippen molar-refractivity contribution >= 4 is 17.4 Å². The van der Waals surface area contributed by atoms with E-state index in [1.807, 2.05) is 32.6 Å². The molecule has 1 heterocycles. The molecule has 1 N–H and O–H groups in total. The molecule has 0 atom stereocenters. The zero-order chi connectivity index (χ0) is 13.0. The number of anilines is 1. The third-order valence-corrected chi connectivity index (χ3v) is 3.01. The fourth-order valence-corrected chi connectivity index (χ4v) is 1.77. The topological polar surface area (TPSA) is 49.2 Å². The summed E-state index contributed by atoms with van der Waals surface area (Å²) in [6.45, 7) is 9.45. The molecule has 1 aromatic heterocycles. The fourth-order valence-electron chi connectivity index (χ4n) is 1.59. The van der Waals surface area contributed by atoms with Crippen molar-refractivity contribution in [3.05, 3.63) is 16.5 Å². The summed E-state index contributed by atoms with van der Waals surface area (Å²) in [4.78, 5) is 10.8. The maximum atomic E-state index is 9.05. The molecule has 0 unspecified atom stereocenters. The number of aromatic nitrogens is 2. The first kappa shape index (κ1) is 14.2. The van der Waals surface area contributed by atoms with Gasteiger partial charge < -0.3 is 10.0 Å². The van der Waals surface area contributed by atoms with E-state index in [-0.39, 0.29) is 12.5 Å². The van der Waals surface area contributed by atoms with Gasteiger partial charge in [-0.3, -0.25) is 0 Å². The molecule has 1 rings (SSSR count). The summed E-state index contributed by atoms with van der Waals surface area (Å²) < 4.78 is 0. The molecule has 1 aromatic rings. The van der Waals surface area contributed by atoms with Crippen LogP contribution in [0.1, 0.15) is 38.1 Å². The number of aliphatic hydroxyl groups is 1. The lowest BCUT2D eigenvalue weighted by Crippen LogP contribution is -2.28. The molecule has 0 amide bonds. The maximum absolute atomic E-state index is 9.05. The second kappa shape index (κ2) is 6.17. The van der Waals surface area contributed by atoms with E-state index in [1.54, 1.807) is 0 Å². The fraction of sp³-hybridized carbons (Fsp3) is 0.667. The van der Waals surface area contributed by atoms with Gasteiger partial charge in [-0.05, 0) is 13.8 Å². The Balaban J connectivity index is 3.20. The van der Waals surface area contributed by atoms with E-state index in [4.69, 9.17) is 16.7 Å². The molecular formula is C12H20ClN3O. The second-order valence-electron chi connectivity index (χ2n) is 4.28. The van der Waals surface area contributed by atoms with Crippen LogP contribution < -0.4 is 4.90 Å². The first-order chi connectivity index (χ1) is 8.01. The number of rotatable bonds is 5. The van der Waals surface area contributed by atoms with Crippen molar-refractivity contribution in [2.45, 2.75) is 33.6 Å². The van der Waals surface area contributed by atoms with Crippen LogP contribution in [0.3, 0.4) is 0 Å². The quantitative estimate of drug-likeness (QED) is 0.823. The summed E-state index contributed by atoms with van der Waals surface area (Å²) in [6.07, 6.45) is 0. The highest BCUT2D eigenvalue weighted by Crippen LogP contribution is 2.25. The van der Waals surface area contributed by atoms with E-state index >= 15 is 0 Å². The average molecular weight is 258 g/mol. The molecule has 0 fully saturated rings. The number of likely N-dealkylation sites (N-methyl/N-ethyl adjacent to an activating group) is 1. The predicted octanol–water partition coefficient (Wildman–Crippen LogP) is 2.38. The number of hydrogen-bond acceptors (Lipinski definition) is 4. The highest BCUT2D eigenvalue weighted by atomic mass is 35.5. The van der Waals surface area contributed by atoms with Crippen LogP contribution in [0.25, 0.3) is 0 Å². The van der Waals surface area contributed by atoms with Gasteiger partial charge in [-0.2, -0.15) is 0 Å². The largest absolute Gasteiger partial charge is 0.395 e. The first-order valence-electron chi connectivity index (χ1n) is 5.91. The summed E-state index contributed by atoms with van der Waals surface area (Å²) in [7, 11) is 0. The molecule has 0 saturated carbocycles. The molecule has 4 nitrogen and oxygen atoms in total. The Kier molecular flexibility index (Phi) is 5.15. The number of aliphatic hydroxyl groups excluding tert-OH is 1. The Labute approximate surface area is 108 Å². The third-order valence-electron chi connectivity index (χ3n) is 2.65. The Morgan fingerprint density at radius 3 is 2.47 bits per heavy atom. The number of hydrogen-bond donors (Lipinski definition) is 1. The van der Waals surface area contributed by atoms with Gasteiger partial charge in [0.25, 0.3) is 0 Å². The van der Waals surface area contributed by atoms with Crippen LogP contribution in [0.5, 0.6) is 0 Å². The van der Waals surface area contributed by atoms with Gasteiger partial charge in [0.2, 0.25) is 0 Å². The van der Waals surface area contributed by atoms with Crippen LogP contribution in [-0.2, 0) is 0 Å². The molecular weight excluding hydrogens is 238 g/mol. The molecule has 96 valence electrons. The van der Waals surface area contributed by atoms with Crippen molar-refractivity contribution in [3.8, 4) is 0 Å². The van der Waals surface area contributed by atoms with E-state index in [1.165, 1.54) is 0 Å². The Morgan fingerprint density at radius 2 is 2.00 bits per heavy atom. The Hall–Kier alpha value is -0.870. The molecule has 0 aliphatic rings. The van der Waals surface area contributed by atoms with Crippen molar-refractivity contribution in [3.63, 3.8) is 0 Å². The van der Waals surface area contributed by atoms with Crippen molar-refractivity contribution in [2.24, 2.45) is 0 Å². The highest BCUT2D eigenvalue weighted by Gasteiger charge is 2.15. The summed E-state index contributed by atoms with van der Waals surface area (Å²) in [5, 5.41) is 9.55. The van der Waals surface area contributed by atoms with Crippen molar-refractivity contribution < 1.29 is 5.11 Å². The van der Waals surface area contributed by atoms with E-state index < -0.39 is 0 Å². The highest BCUT2D eigenvalue weighted by molar-refractivity contribution is 6.30. The maximum Gasteiger partial charge on any atom is 0.137 e. The monoisotopic (exact) mass is 257 g/mol. The normalized spacial score (nSPS) is 11.0. The van der Waals surface area contributed by atoms with Gasteiger partial charge in [0.15, 0.2) is 0 Å². The SMILES string of the molecule is CCN(CCO)c1nc(C(C)C)nc(Cl)c1C. The minimum Gasteiger partial charge on any atom is -0.395 e. The van der Waals surface area contributed by atoms with E-state index in [2.05, 4.69) is 9.97 Å². The lowest BCUT2D eigenvalue weighted by atomic mass is 10.2. The molecule has 0 saturated heterocycles. The van der Waals surface area contributed by atoms with Crippen molar-refractivity contribution in [2.75, 3.05) is 24.6 Å². The van der Waals surface area contributed by atoms with Crippen molar-refractivity contribution in [1.29, 1.82) is 0 Å². The molecule has 0 radical (unpaired) electrons. The Morgan fingerprint density at radius 1 is 1.35 bits per heavy atom. The number of halogens is 1. The zero-order valence-electron chi connectivity index (χ0n) is 10.9. The van der Waals surface area contributed by atoms with Crippen LogP contribution in [0.4, 0.5) is 5.82 Å². The van der Waals surface area contributed by atoms with Gasteiger partial charge in [-0.15, -0.1) is 0 Å². The van der Waals surface area contributed by atoms with Crippen LogP contribution in [0.15, 0.2) is 0 Å². The zero-order valence-corrected chi connectivity index (χ0v) is 11.6. The molecule has 0 bridgehead atoms. The van der Waals surface area contributed by atoms with Crippen molar-refractivity contribution in [1.82, 2.24) is 9.97 Å². The minimum absolute atomic E-state index is 0.103. The minimum atomic E-state index is 0.103. The summed E-state index contributed by atoms with van der Waals surface area (Å²) in [6, 6.07) is 0. The molecule has 0 spiro atoms. The lowest BCUT2D eigenvalue weighted by Gasteiger charge is -2.24. The van der Waals surface area contributed by atoms with Gasteiger partial charge >= 0.3 is 0 Å². The van der Waals surface area contributed by atoms with E-state index in [0.717, 1.165) is 23.8 Å². The number of nitrogens with zero attached hydrogens (tertiary/aromatic N) is 3. The standard InChI is InChI=1S/C12H20ClN3O/c1-5-16(6-7-17)12-9(4)10(13)14-11(15-12)8(2)3/h8,17H,5-7H2,1-4H3. The van der Waals surface area contributed by atoms with Gasteiger partial charge in [-0.25, -0.2) is 9.97 Å². The average Bonchev–Trinajstić information content (AvgIpc) is 2.29. The molecule has 17 heavy (non-hydrogen) atoms. The van der Waals surface area contributed by atoms with E-state index in [9.17, 15) is 0 Å². The van der Waals surface area contributed by atoms with Gasteiger partial charge in [-0.1, -0.05) is 25.4 Å². The van der Waals surface area contributed by atoms with Gasteiger partial charge in [0.05, 0.1) is 6.61 Å². The van der Waals surface area contributed by atoms with Crippen LogP contribution >= 0.6 is 11.6 Å². The summed E-state index contributed by atoms with van der Waals surface area (Å²) in [5.74, 6) is 1.80. The molecule has 0 aliphatic carbocycles. The molecule has 5 heteroatoms. The van der Waals surface area contributed by atoms with Gasteiger partial charge in [0, 0.05) is 24.6 Å². The van der Waals surface area contributed by atoms with Crippen LogP contribution in [0.2, 0.25) is 5.15 Å². The third kappa shape index (κ3) is 3.30. The van der Waals surface area contributed by atoms with Crippen LogP contribution in [0, 0.1) is 6.92 Å². The van der Waals surface area contributed by atoms with E-state index in [0.29, 0.717) is 11.7 Å². The predicted molar refractivity (Wildman–Crippen MR) is 70.8 cm³/mol. The smallest absolute Gasteiger partial charge is 0.137 e. The summed E-state index contributed by atoms with van der Waals surface area (Å²) in [5.41, 5.74) is 0.867. The summed E-state index contributed by atoms with van der Waals surface area (Å²) >= 11 is 6.12. The first-order valence-corrected chi connectivity index (χ1v) is 6.28.